The van der Waals surface area contributed by atoms with E-state index in [0.29, 0.717) is 11.9 Å². The van der Waals surface area contributed by atoms with E-state index in [4.69, 9.17) is 5.73 Å². The van der Waals surface area contributed by atoms with Gasteiger partial charge in [-0.15, -0.1) is 24.0 Å². The summed E-state index contributed by atoms with van der Waals surface area (Å²) in [6.07, 6.45) is 3.73. The van der Waals surface area contributed by atoms with Crippen molar-refractivity contribution in [3.63, 3.8) is 0 Å². The normalized spacial score (nSPS) is 17.1. The molecular weight excluding hydrogens is 387 g/mol. The number of benzene rings is 1. The largest absolute Gasteiger partial charge is 0.370 e. The number of likely N-dealkylation sites (tertiary alicyclic amines) is 1. The minimum atomic E-state index is 0. The van der Waals surface area contributed by atoms with E-state index in [-0.39, 0.29) is 24.0 Å². The lowest BCUT2D eigenvalue weighted by Crippen LogP contribution is -2.28. The van der Waals surface area contributed by atoms with Crippen LogP contribution in [-0.4, -0.2) is 37.0 Å². The summed E-state index contributed by atoms with van der Waals surface area (Å²) >= 11 is 0. The summed E-state index contributed by atoms with van der Waals surface area (Å²) in [5.74, 6) is 1.05. The van der Waals surface area contributed by atoms with E-state index in [1.807, 2.05) is 0 Å². The maximum atomic E-state index is 5.96. The van der Waals surface area contributed by atoms with Crippen molar-refractivity contribution in [1.29, 1.82) is 0 Å². The average Bonchev–Trinajstić information content (AvgIpc) is 2.99. The van der Waals surface area contributed by atoms with E-state index in [9.17, 15) is 0 Å². The smallest absolute Gasteiger partial charge is 0.193 e. The van der Waals surface area contributed by atoms with Crippen molar-refractivity contribution in [3.8, 4) is 0 Å². The molecule has 3 N–H and O–H groups in total. The molecule has 0 aliphatic carbocycles. The summed E-state index contributed by atoms with van der Waals surface area (Å²) < 4.78 is 0. The van der Waals surface area contributed by atoms with Crippen molar-refractivity contribution in [2.24, 2.45) is 16.6 Å². The second kappa shape index (κ2) is 10.0. The maximum absolute atomic E-state index is 5.96. The molecule has 0 radical (unpaired) electrons. The Morgan fingerprint density at radius 2 is 1.91 bits per heavy atom. The minimum absolute atomic E-state index is 0. The zero-order chi connectivity index (χ0) is 15.1. The predicted octanol–water partition coefficient (Wildman–Crippen LogP) is 3.33. The van der Waals surface area contributed by atoms with Crippen LogP contribution in [0.15, 0.2) is 29.3 Å². The van der Waals surface area contributed by atoms with Gasteiger partial charge in [-0.25, -0.2) is 0 Å². The fourth-order valence-corrected chi connectivity index (χ4v) is 2.73. The highest BCUT2D eigenvalue weighted by molar-refractivity contribution is 14.0. The fourth-order valence-electron chi connectivity index (χ4n) is 2.73. The van der Waals surface area contributed by atoms with Gasteiger partial charge in [-0.2, -0.15) is 0 Å². The standard InChI is InChI=1S/C17H28N4.HI/c1-3-15-6-8-16(9-7-15)20-17(18)19-12-14(2)13-21-10-4-5-11-21;/h6-9,14H,3-5,10-13H2,1-2H3,(H3,18,19,20);1H. The number of rotatable bonds is 6. The lowest BCUT2D eigenvalue weighted by Gasteiger charge is -2.18. The van der Waals surface area contributed by atoms with Gasteiger partial charge in [0.15, 0.2) is 5.96 Å². The number of anilines is 1. The van der Waals surface area contributed by atoms with E-state index in [2.05, 4.69) is 53.3 Å². The third-order valence-corrected chi connectivity index (χ3v) is 3.98. The van der Waals surface area contributed by atoms with E-state index >= 15 is 0 Å². The van der Waals surface area contributed by atoms with Crippen molar-refractivity contribution in [2.45, 2.75) is 33.1 Å². The molecule has 1 atom stereocenters. The van der Waals surface area contributed by atoms with Crippen LogP contribution in [-0.2, 0) is 6.42 Å². The van der Waals surface area contributed by atoms with Crippen LogP contribution < -0.4 is 11.1 Å². The zero-order valence-corrected chi connectivity index (χ0v) is 16.0. The molecule has 1 fully saturated rings. The Hall–Kier alpha value is -0.820. The summed E-state index contributed by atoms with van der Waals surface area (Å²) in [4.78, 5) is 6.98. The van der Waals surface area contributed by atoms with Gasteiger partial charge in [0.1, 0.15) is 0 Å². The van der Waals surface area contributed by atoms with E-state index in [1.165, 1.54) is 31.5 Å². The van der Waals surface area contributed by atoms with Crippen LogP contribution in [0.3, 0.4) is 0 Å². The third-order valence-electron chi connectivity index (χ3n) is 3.98. The molecule has 1 aliphatic rings. The molecule has 0 saturated carbocycles. The maximum Gasteiger partial charge on any atom is 0.193 e. The summed E-state index contributed by atoms with van der Waals surface area (Å²) in [6.45, 7) is 8.78. The van der Waals surface area contributed by atoms with Crippen LogP contribution >= 0.6 is 24.0 Å². The van der Waals surface area contributed by atoms with Crippen LogP contribution in [0, 0.1) is 5.92 Å². The number of nitrogens with zero attached hydrogens (tertiary/aromatic N) is 2. The Labute approximate surface area is 151 Å². The van der Waals surface area contributed by atoms with E-state index in [0.717, 1.165) is 25.2 Å². The molecular formula is C17H29IN4. The molecule has 22 heavy (non-hydrogen) atoms. The van der Waals surface area contributed by atoms with Crippen molar-refractivity contribution < 1.29 is 0 Å². The Bertz CT molecular complexity index is 452. The fraction of sp³-hybridized carbons (Fsp3) is 0.588. The van der Waals surface area contributed by atoms with Crippen LogP contribution in [0.2, 0.25) is 0 Å². The van der Waals surface area contributed by atoms with Crippen molar-refractivity contribution in [2.75, 3.05) is 31.5 Å². The van der Waals surface area contributed by atoms with Gasteiger partial charge in [0.05, 0.1) is 0 Å². The number of nitrogens with one attached hydrogen (secondary N) is 1. The lowest BCUT2D eigenvalue weighted by atomic mass is 10.1. The van der Waals surface area contributed by atoms with Gasteiger partial charge in [0.2, 0.25) is 0 Å². The molecule has 0 spiro atoms. The highest BCUT2D eigenvalue weighted by Crippen LogP contribution is 2.11. The van der Waals surface area contributed by atoms with E-state index < -0.39 is 0 Å². The number of hydrogen-bond donors (Lipinski definition) is 2. The molecule has 0 bridgehead atoms. The second-order valence-electron chi connectivity index (χ2n) is 6.01. The van der Waals surface area contributed by atoms with E-state index in [1.54, 1.807) is 0 Å². The quantitative estimate of drug-likeness (QED) is 0.425. The molecule has 1 saturated heterocycles. The molecule has 124 valence electrons. The molecule has 0 amide bonds. The number of hydrogen-bond acceptors (Lipinski definition) is 2. The Morgan fingerprint density at radius 3 is 2.50 bits per heavy atom. The summed E-state index contributed by atoms with van der Waals surface area (Å²) in [5, 5.41) is 3.16. The van der Waals surface area contributed by atoms with Gasteiger partial charge in [0.25, 0.3) is 0 Å². The molecule has 4 nitrogen and oxygen atoms in total. The Balaban J connectivity index is 0.00000242. The van der Waals surface area contributed by atoms with Crippen LogP contribution in [0.1, 0.15) is 32.3 Å². The molecule has 0 aromatic heterocycles. The van der Waals surface area contributed by atoms with Gasteiger partial charge >= 0.3 is 0 Å². The predicted molar refractivity (Wildman–Crippen MR) is 106 cm³/mol. The molecule has 2 rings (SSSR count). The number of guanidine groups is 1. The molecule has 1 aromatic rings. The SMILES string of the molecule is CCc1ccc(NC(N)=NCC(C)CN2CCCC2)cc1.I. The second-order valence-corrected chi connectivity index (χ2v) is 6.01. The van der Waals surface area contributed by atoms with Gasteiger partial charge in [0, 0.05) is 18.8 Å². The first-order valence-electron chi connectivity index (χ1n) is 8.05. The van der Waals surface area contributed by atoms with Gasteiger partial charge in [-0.05, 0) is 56.0 Å². The lowest BCUT2D eigenvalue weighted by molar-refractivity contribution is 0.292. The highest BCUT2D eigenvalue weighted by Gasteiger charge is 2.14. The first-order valence-corrected chi connectivity index (χ1v) is 8.05. The van der Waals surface area contributed by atoms with Crippen molar-refractivity contribution in [1.82, 2.24) is 4.90 Å². The first-order chi connectivity index (χ1) is 10.2. The van der Waals surface area contributed by atoms with Crippen LogP contribution in [0.5, 0.6) is 0 Å². The highest BCUT2D eigenvalue weighted by atomic mass is 127. The Morgan fingerprint density at radius 1 is 1.27 bits per heavy atom. The van der Waals surface area contributed by atoms with Gasteiger partial charge < -0.3 is 16.0 Å². The molecule has 1 unspecified atom stereocenters. The van der Waals surface area contributed by atoms with Crippen LogP contribution in [0.4, 0.5) is 5.69 Å². The molecule has 1 aliphatic heterocycles. The third kappa shape index (κ3) is 6.52. The topological polar surface area (TPSA) is 53.6 Å². The molecule has 5 heteroatoms. The summed E-state index contributed by atoms with van der Waals surface area (Å²) in [7, 11) is 0. The first kappa shape index (κ1) is 19.2. The summed E-state index contributed by atoms with van der Waals surface area (Å²) in [5.41, 5.74) is 8.29. The molecule has 1 heterocycles. The number of aliphatic imine (C=N–C) groups is 1. The van der Waals surface area contributed by atoms with Crippen molar-refractivity contribution in [3.05, 3.63) is 29.8 Å². The number of halogens is 1. The number of aryl methyl sites for hydroxylation is 1. The monoisotopic (exact) mass is 416 g/mol. The van der Waals surface area contributed by atoms with Gasteiger partial charge in [-0.3, -0.25) is 4.99 Å². The minimum Gasteiger partial charge on any atom is -0.370 e. The number of nitrogens with two attached hydrogens (primary N) is 1. The average molecular weight is 416 g/mol. The molecule has 1 aromatic carbocycles. The Kier molecular flexibility index (Phi) is 8.78. The van der Waals surface area contributed by atoms with Gasteiger partial charge in [-0.1, -0.05) is 26.0 Å². The zero-order valence-electron chi connectivity index (χ0n) is 13.7. The van der Waals surface area contributed by atoms with Crippen molar-refractivity contribution >= 4 is 35.6 Å². The van der Waals surface area contributed by atoms with Crippen LogP contribution in [0.25, 0.3) is 0 Å². The summed E-state index contributed by atoms with van der Waals surface area (Å²) in [6, 6.07) is 8.33.